The minimum Gasteiger partial charge on any atom is -0.497 e. The summed E-state index contributed by atoms with van der Waals surface area (Å²) in [6.07, 6.45) is 3.98. The molecule has 1 heterocycles. The predicted octanol–water partition coefficient (Wildman–Crippen LogP) is 3.85. The Kier molecular flexibility index (Phi) is 6.80. The zero-order chi connectivity index (χ0) is 24.1. The van der Waals surface area contributed by atoms with Gasteiger partial charge in [0.05, 0.1) is 14.2 Å². The fraction of sp³-hybridized carbons (Fsp3) is 0.214. The topological polar surface area (TPSA) is 76.1 Å². The smallest absolute Gasteiger partial charge is 0.253 e. The first-order chi connectivity index (χ1) is 16.5. The van der Waals surface area contributed by atoms with Crippen LogP contribution in [-0.4, -0.2) is 42.6 Å². The van der Waals surface area contributed by atoms with Crippen molar-refractivity contribution in [1.82, 2.24) is 4.90 Å². The van der Waals surface area contributed by atoms with Gasteiger partial charge in [-0.15, -0.1) is 0 Å². The number of aryl methyl sites for hydroxylation is 1. The van der Waals surface area contributed by atoms with E-state index < -0.39 is 5.60 Å². The van der Waals surface area contributed by atoms with E-state index in [1.165, 1.54) is 17.1 Å². The van der Waals surface area contributed by atoms with Crippen LogP contribution in [0.4, 0.5) is 0 Å². The third-order valence-corrected chi connectivity index (χ3v) is 6.14. The van der Waals surface area contributed by atoms with Gasteiger partial charge in [0.2, 0.25) is 0 Å². The Morgan fingerprint density at radius 3 is 1.53 bits per heavy atom. The van der Waals surface area contributed by atoms with Gasteiger partial charge in [0.15, 0.2) is 0 Å². The number of carbonyl (C=O) groups excluding carboxylic acids is 2. The van der Waals surface area contributed by atoms with Gasteiger partial charge in [-0.3, -0.25) is 14.5 Å². The van der Waals surface area contributed by atoms with Crippen molar-refractivity contribution in [2.24, 2.45) is 0 Å². The van der Waals surface area contributed by atoms with Crippen molar-refractivity contribution >= 4 is 11.8 Å². The molecule has 0 atom stereocenters. The summed E-state index contributed by atoms with van der Waals surface area (Å²) in [4.78, 5) is 24.7. The summed E-state index contributed by atoms with van der Waals surface area (Å²) in [7, 11) is 3.21. The summed E-state index contributed by atoms with van der Waals surface area (Å²) in [5.74, 6) is 0.900. The molecule has 3 aromatic rings. The lowest BCUT2D eigenvalue weighted by Gasteiger charge is -2.30. The number of aliphatic hydroxyl groups is 1. The highest BCUT2D eigenvalue weighted by Gasteiger charge is 2.34. The predicted molar refractivity (Wildman–Crippen MR) is 129 cm³/mol. The SMILES string of the molecule is COc1ccc(C(O)(c2ccc(CCCN3C(=O)C=CC3=O)cc2)c2ccc(OC)cc2)cc1. The lowest BCUT2D eigenvalue weighted by molar-refractivity contribution is -0.136. The third kappa shape index (κ3) is 4.58. The number of amides is 2. The maximum atomic E-state index is 12.1. The molecule has 2 amide bonds. The third-order valence-electron chi connectivity index (χ3n) is 6.14. The van der Waals surface area contributed by atoms with Gasteiger partial charge in [-0.2, -0.15) is 0 Å². The van der Waals surface area contributed by atoms with Crippen LogP contribution in [0.5, 0.6) is 11.5 Å². The van der Waals surface area contributed by atoms with Crippen LogP contribution in [0.2, 0.25) is 0 Å². The maximum Gasteiger partial charge on any atom is 0.253 e. The number of benzene rings is 3. The van der Waals surface area contributed by atoms with E-state index in [-0.39, 0.29) is 11.8 Å². The molecule has 0 saturated carbocycles. The van der Waals surface area contributed by atoms with E-state index in [1.54, 1.807) is 14.2 Å². The molecular formula is C28H27NO5. The highest BCUT2D eigenvalue weighted by Crippen LogP contribution is 2.38. The molecule has 1 N–H and O–H groups in total. The van der Waals surface area contributed by atoms with Crippen LogP contribution in [-0.2, 0) is 21.6 Å². The monoisotopic (exact) mass is 457 g/mol. The number of carbonyl (C=O) groups is 2. The first-order valence-electron chi connectivity index (χ1n) is 11.1. The highest BCUT2D eigenvalue weighted by atomic mass is 16.5. The van der Waals surface area contributed by atoms with Crippen molar-refractivity contribution in [2.75, 3.05) is 20.8 Å². The number of methoxy groups -OCH3 is 2. The zero-order valence-electron chi connectivity index (χ0n) is 19.2. The summed E-state index contributed by atoms with van der Waals surface area (Å²) in [6.45, 7) is 0.383. The lowest BCUT2D eigenvalue weighted by atomic mass is 9.80. The number of ether oxygens (including phenoxy) is 2. The van der Waals surface area contributed by atoms with Crippen LogP contribution in [0, 0.1) is 0 Å². The molecule has 0 aliphatic carbocycles. The summed E-state index contributed by atoms with van der Waals surface area (Å²) in [5, 5.41) is 12.1. The van der Waals surface area contributed by atoms with Crippen LogP contribution in [0.1, 0.15) is 28.7 Å². The van der Waals surface area contributed by atoms with Crippen molar-refractivity contribution in [3.05, 3.63) is 107 Å². The standard InChI is InChI=1S/C28H27NO5/c1-33-24-13-9-22(10-14-24)28(32,23-11-15-25(34-2)16-12-23)21-7-5-20(6-8-21)4-3-19-29-26(30)17-18-27(29)31/h5-18,32H,3-4,19H2,1-2H3. The minimum atomic E-state index is -1.38. The fourth-order valence-corrected chi connectivity index (χ4v) is 4.17. The summed E-state index contributed by atoms with van der Waals surface area (Å²) in [5.41, 5.74) is 1.83. The Bertz CT molecular complexity index is 1120. The first-order valence-corrected chi connectivity index (χ1v) is 11.1. The van der Waals surface area contributed by atoms with Gasteiger partial charge in [0.25, 0.3) is 11.8 Å². The van der Waals surface area contributed by atoms with Crippen molar-refractivity contribution in [3.8, 4) is 11.5 Å². The molecule has 0 unspecified atom stereocenters. The quantitative estimate of drug-likeness (QED) is 0.390. The Balaban J connectivity index is 1.58. The molecule has 6 heteroatoms. The van der Waals surface area contributed by atoms with Crippen LogP contribution in [0.15, 0.2) is 84.9 Å². The van der Waals surface area contributed by atoms with Gasteiger partial charge in [0, 0.05) is 18.7 Å². The van der Waals surface area contributed by atoms with Crippen LogP contribution in [0.3, 0.4) is 0 Å². The molecule has 4 rings (SSSR count). The van der Waals surface area contributed by atoms with Crippen molar-refractivity contribution in [2.45, 2.75) is 18.4 Å². The molecule has 3 aromatic carbocycles. The van der Waals surface area contributed by atoms with E-state index in [0.717, 1.165) is 11.1 Å². The molecule has 0 saturated heterocycles. The van der Waals surface area contributed by atoms with Gasteiger partial charge in [-0.25, -0.2) is 0 Å². The highest BCUT2D eigenvalue weighted by molar-refractivity contribution is 6.12. The molecule has 174 valence electrons. The normalized spacial score (nSPS) is 13.4. The van der Waals surface area contributed by atoms with Crippen LogP contribution < -0.4 is 9.47 Å². The Morgan fingerprint density at radius 1 is 0.706 bits per heavy atom. The van der Waals surface area contributed by atoms with Gasteiger partial charge in [-0.05, 0) is 59.4 Å². The van der Waals surface area contributed by atoms with E-state index in [9.17, 15) is 14.7 Å². The average Bonchev–Trinajstić information content (AvgIpc) is 3.21. The van der Waals surface area contributed by atoms with Crippen LogP contribution >= 0.6 is 0 Å². The minimum absolute atomic E-state index is 0.260. The molecule has 6 nitrogen and oxygen atoms in total. The fourth-order valence-electron chi connectivity index (χ4n) is 4.17. The van der Waals surface area contributed by atoms with Crippen LogP contribution in [0.25, 0.3) is 0 Å². The van der Waals surface area contributed by atoms with E-state index in [4.69, 9.17) is 9.47 Å². The summed E-state index contributed by atoms with van der Waals surface area (Å²) in [6, 6.07) is 22.5. The lowest BCUT2D eigenvalue weighted by Crippen LogP contribution is -2.31. The molecule has 0 bridgehead atoms. The first kappa shape index (κ1) is 23.3. The average molecular weight is 458 g/mol. The van der Waals surface area contributed by atoms with Crippen molar-refractivity contribution < 1.29 is 24.2 Å². The molecule has 0 fully saturated rings. The molecule has 34 heavy (non-hydrogen) atoms. The summed E-state index contributed by atoms with van der Waals surface area (Å²) >= 11 is 0. The van der Waals surface area contributed by atoms with Gasteiger partial charge in [0.1, 0.15) is 17.1 Å². The van der Waals surface area contributed by atoms with Crippen molar-refractivity contribution in [1.29, 1.82) is 0 Å². The van der Waals surface area contributed by atoms with Crippen molar-refractivity contribution in [3.63, 3.8) is 0 Å². The van der Waals surface area contributed by atoms with Gasteiger partial charge < -0.3 is 14.6 Å². The largest absolute Gasteiger partial charge is 0.497 e. The maximum absolute atomic E-state index is 12.1. The Morgan fingerprint density at radius 2 is 1.12 bits per heavy atom. The van der Waals surface area contributed by atoms with E-state index >= 15 is 0 Å². The number of imide groups is 1. The van der Waals surface area contributed by atoms with E-state index in [1.807, 2.05) is 72.8 Å². The van der Waals surface area contributed by atoms with Gasteiger partial charge >= 0.3 is 0 Å². The van der Waals surface area contributed by atoms with Gasteiger partial charge in [-0.1, -0.05) is 48.5 Å². The molecule has 0 radical (unpaired) electrons. The second-order valence-corrected chi connectivity index (χ2v) is 8.13. The number of hydrogen-bond donors (Lipinski definition) is 1. The van der Waals surface area contributed by atoms with E-state index in [2.05, 4.69) is 0 Å². The zero-order valence-corrected chi connectivity index (χ0v) is 19.2. The number of rotatable bonds is 9. The second kappa shape index (κ2) is 9.93. The molecule has 1 aliphatic rings. The Labute approximate surface area is 199 Å². The molecule has 1 aliphatic heterocycles. The molecular weight excluding hydrogens is 430 g/mol. The number of hydrogen-bond acceptors (Lipinski definition) is 5. The Hall–Kier alpha value is -3.90. The second-order valence-electron chi connectivity index (χ2n) is 8.13. The summed E-state index contributed by atoms with van der Waals surface area (Å²) < 4.78 is 10.6. The molecule has 0 spiro atoms. The molecule has 0 aromatic heterocycles. The van der Waals surface area contributed by atoms with E-state index in [0.29, 0.717) is 42.0 Å². The number of nitrogens with zero attached hydrogens (tertiary/aromatic N) is 1.